The third kappa shape index (κ3) is 6.47. The van der Waals surface area contributed by atoms with Crippen molar-refractivity contribution >= 4 is 5.91 Å². The minimum Gasteiger partial charge on any atom is -0.490 e. The summed E-state index contributed by atoms with van der Waals surface area (Å²) in [7, 11) is 0. The molecule has 3 rings (SSSR count). The van der Waals surface area contributed by atoms with Crippen molar-refractivity contribution < 1.29 is 27.4 Å². The fourth-order valence-electron chi connectivity index (χ4n) is 2.96. The molecule has 5 nitrogen and oxygen atoms in total. The lowest BCUT2D eigenvalue weighted by Gasteiger charge is -2.13. The summed E-state index contributed by atoms with van der Waals surface area (Å²) in [5, 5.41) is 2.77. The van der Waals surface area contributed by atoms with E-state index in [1.165, 1.54) is 12.1 Å². The summed E-state index contributed by atoms with van der Waals surface area (Å²) in [5.74, 6) is 0.653. The van der Waals surface area contributed by atoms with Gasteiger partial charge in [-0.1, -0.05) is 18.2 Å². The Morgan fingerprint density at radius 2 is 1.78 bits per heavy atom. The van der Waals surface area contributed by atoms with Crippen molar-refractivity contribution in [1.82, 2.24) is 10.3 Å². The SMILES string of the molecule is CCOc1cc(C(=O)NCCc2ccc(C(F)(F)F)cc2)ccc1OCc1cccnc1. The highest BCUT2D eigenvalue weighted by Gasteiger charge is 2.29. The Labute approximate surface area is 184 Å². The summed E-state index contributed by atoms with van der Waals surface area (Å²) in [4.78, 5) is 16.5. The van der Waals surface area contributed by atoms with Crippen LogP contribution in [0.3, 0.4) is 0 Å². The average molecular weight is 444 g/mol. The number of alkyl halides is 3. The van der Waals surface area contributed by atoms with Gasteiger partial charge in [0.1, 0.15) is 6.61 Å². The van der Waals surface area contributed by atoms with Crippen molar-refractivity contribution in [3.05, 3.63) is 89.2 Å². The smallest absolute Gasteiger partial charge is 0.416 e. The quantitative estimate of drug-likeness (QED) is 0.502. The number of hydrogen-bond acceptors (Lipinski definition) is 4. The highest BCUT2D eigenvalue weighted by atomic mass is 19.4. The van der Waals surface area contributed by atoms with Crippen LogP contribution >= 0.6 is 0 Å². The van der Waals surface area contributed by atoms with Gasteiger partial charge in [-0.15, -0.1) is 0 Å². The van der Waals surface area contributed by atoms with Gasteiger partial charge in [-0.25, -0.2) is 0 Å². The van der Waals surface area contributed by atoms with Gasteiger partial charge in [0.15, 0.2) is 11.5 Å². The number of carbonyl (C=O) groups is 1. The molecule has 1 heterocycles. The van der Waals surface area contributed by atoms with Crippen molar-refractivity contribution in [2.24, 2.45) is 0 Å². The molecule has 1 amide bonds. The molecule has 168 valence electrons. The van der Waals surface area contributed by atoms with Gasteiger partial charge in [0.2, 0.25) is 0 Å². The lowest BCUT2D eigenvalue weighted by molar-refractivity contribution is -0.137. The van der Waals surface area contributed by atoms with Crippen molar-refractivity contribution in [2.45, 2.75) is 26.1 Å². The minimum atomic E-state index is -4.36. The van der Waals surface area contributed by atoms with Crippen LogP contribution in [-0.2, 0) is 19.2 Å². The molecule has 0 radical (unpaired) electrons. The van der Waals surface area contributed by atoms with E-state index in [-0.39, 0.29) is 12.5 Å². The number of halogens is 3. The Kier molecular flexibility index (Phi) is 7.70. The Bertz CT molecular complexity index is 1020. The molecule has 0 atom stereocenters. The van der Waals surface area contributed by atoms with Crippen molar-refractivity contribution in [3.63, 3.8) is 0 Å². The summed E-state index contributed by atoms with van der Waals surface area (Å²) in [6.07, 6.45) is -0.563. The standard InChI is InChI=1S/C24H23F3N2O3/c1-2-31-22-14-19(7-10-21(22)32-16-18-4-3-12-28-15-18)23(30)29-13-11-17-5-8-20(9-6-17)24(25,26)27/h3-10,12,14-15H,2,11,13,16H2,1H3,(H,29,30). The van der Waals surface area contributed by atoms with Crippen LogP contribution in [0, 0.1) is 0 Å². The maximum atomic E-state index is 12.6. The molecule has 0 spiro atoms. The van der Waals surface area contributed by atoms with Gasteiger partial charge in [-0.05, 0) is 55.3 Å². The van der Waals surface area contributed by atoms with E-state index in [2.05, 4.69) is 10.3 Å². The molecular formula is C24H23F3N2O3. The third-order valence-electron chi connectivity index (χ3n) is 4.60. The van der Waals surface area contributed by atoms with Gasteiger partial charge >= 0.3 is 6.18 Å². The first-order valence-corrected chi connectivity index (χ1v) is 10.1. The molecule has 0 bridgehead atoms. The van der Waals surface area contributed by atoms with Crippen LogP contribution < -0.4 is 14.8 Å². The average Bonchev–Trinajstić information content (AvgIpc) is 2.79. The van der Waals surface area contributed by atoms with Crippen molar-refractivity contribution in [3.8, 4) is 11.5 Å². The molecule has 0 aliphatic carbocycles. The number of amides is 1. The highest BCUT2D eigenvalue weighted by Crippen LogP contribution is 2.30. The largest absolute Gasteiger partial charge is 0.490 e. The molecule has 1 N–H and O–H groups in total. The molecular weight excluding hydrogens is 421 g/mol. The van der Waals surface area contributed by atoms with E-state index in [4.69, 9.17) is 9.47 Å². The molecule has 0 saturated carbocycles. The number of nitrogens with one attached hydrogen (secondary N) is 1. The van der Waals surface area contributed by atoms with E-state index in [0.717, 1.165) is 17.7 Å². The lowest BCUT2D eigenvalue weighted by Crippen LogP contribution is -2.25. The second-order valence-electron chi connectivity index (χ2n) is 6.95. The van der Waals surface area contributed by atoms with Crippen LogP contribution in [0.4, 0.5) is 13.2 Å². The number of ether oxygens (including phenoxy) is 2. The minimum absolute atomic E-state index is 0.285. The molecule has 0 unspecified atom stereocenters. The van der Waals surface area contributed by atoms with Crippen molar-refractivity contribution in [1.29, 1.82) is 0 Å². The maximum Gasteiger partial charge on any atom is 0.416 e. The number of nitrogens with zero attached hydrogens (tertiary/aromatic N) is 1. The fourth-order valence-corrected chi connectivity index (χ4v) is 2.96. The normalized spacial score (nSPS) is 11.1. The Hall–Kier alpha value is -3.55. The monoisotopic (exact) mass is 444 g/mol. The Morgan fingerprint density at radius 3 is 2.44 bits per heavy atom. The topological polar surface area (TPSA) is 60.5 Å². The van der Waals surface area contributed by atoms with Gasteiger partial charge in [0, 0.05) is 30.1 Å². The zero-order chi connectivity index (χ0) is 23.0. The predicted molar refractivity (Wildman–Crippen MR) is 114 cm³/mol. The molecule has 0 aliphatic heterocycles. The van der Waals surface area contributed by atoms with E-state index < -0.39 is 11.7 Å². The van der Waals surface area contributed by atoms with Crippen LogP contribution in [0.15, 0.2) is 67.0 Å². The number of benzene rings is 2. The van der Waals surface area contributed by atoms with E-state index >= 15 is 0 Å². The number of pyridine rings is 1. The van der Waals surface area contributed by atoms with Gasteiger partial charge in [-0.2, -0.15) is 13.2 Å². The van der Waals surface area contributed by atoms with Crippen LogP contribution in [0.2, 0.25) is 0 Å². The summed E-state index contributed by atoms with van der Waals surface area (Å²) in [6.45, 7) is 2.84. The number of aromatic nitrogens is 1. The fraction of sp³-hybridized carbons (Fsp3) is 0.250. The number of hydrogen-bond donors (Lipinski definition) is 1. The highest BCUT2D eigenvalue weighted by molar-refractivity contribution is 5.94. The second kappa shape index (κ2) is 10.7. The Morgan fingerprint density at radius 1 is 1.00 bits per heavy atom. The van der Waals surface area contributed by atoms with E-state index in [9.17, 15) is 18.0 Å². The molecule has 2 aromatic carbocycles. The van der Waals surface area contributed by atoms with E-state index in [0.29, 0.717) is 42.3 Å². The van der Waals surface area contributed by atoms with Crippen LogP contribution in [0.5, 0.6) is 11.5 Å². The second-order valence-corrected chi connectivity index (χ2v) is 6.95. The summed E-state index contributed by atoms with van der Waals surface area (Å²) >= 11 is 0. The first kappa shape index (κ1) is 23.1. The molecule has 0 aliphatic rings. The summed E-state index contributed by atoms with van der Waals surface area (Å²) in [5.41, 5.74) is 1.31. The lowest BCUT2D eigenvalue weighted by atomic mass is 10.1. The molecule has 3 aromatic rings. The first-order valence-electron chi connectivity index (χ1n) is 10.1. The molecule has 8 heteroatoms. The van der Waals surface area contributed by atoms with Crippen LogP contribution in [0.1, 0.15) is 34.0 Å². The maximum absolute atomic E-state index is 12.6. The summed E-state index contributed by atoms with van der Waals surface area (Å²) in [6, 6.07) is 13.5. The number of rotatable bonds is 9. The van der Waals surface area contributed by atoms with E-state index in [1.807, 2.05) is 19.1 Å². The zero-order valence-electron chi connectivity index (χ0n) is 17.5. The van der Waals surface area contributed by atoms with Crippen molar-refractivity contribution in [2.75, 3.05) is 13.2 Å². The number of carbonyl (C=O) groups excluding carboxylic acids is 1. The van der Waals surface area contributed by atoms with Crippen LogP contribution in [-0.4, -0.2) is 24.0 Å². The van der Waals surface area contributed by atoms with E-state index in [1.54, 1.807) is 30.6 Å². The predicted octanol–water partition coefficient (Wildman–Crippen LogP) is 5.05. The van der Waals surface area contributed by atoms with Gasteiger partial charge in [0.05, 0.1) is 12.2 Å². The molecule has 0 fully saturated rings. The molecule has 1 aromatic heterocycles. The van der Waals surface area contributed by atoms with Crippen LogP contribution in [0.25, 0.3) is 0 Å². The van der Waals surface area contributed by atoms with Gasteiger partial charge < -0.3 is 14.8 Å². The Balaban J connectivity index is 1.57. The molecule has 0 saturated heterocycles. The van der Waals surface area contributed by atoms with Gasteiger partial charge in [-0.3, -0.25) is 9.78 Å². The molecule has 32 heavy (non-hydrogen) atoms. The van der Waals surface area contributed by atoms with Gasteiger partial charge in [0.25, 0.3) is 5.91 Å². The summed E-state index contributed by atoms with van der Waals surface area (Å²) < 4.78 is 49.3. The first-order chi connectivity index (χ1) is 15.4. The zero-order valence-corrected chi connectivity index (χ0v) is 17.5. The third-order valence-corrected chi connectivity index (χ3v) is 4.60.